The summed E-state index contributed by atoms with van der Waals surface area (Å²) in [4.78, 5) is 35.8. The second kappa shape index (κ2) is 9.29. The molecule has 1 N–H and O–H groups in total. The number of hydrogen-bond donors (Lipinski definition) is 1. The molecule has 1 unspecified atom stereocenters. The Morgan fingerprint density at radius 2 is 2.00 bits per heavy atom. The highest BCUT2D eigenvalue weighted by Crippen LogP contribution is 2.36. The van der Waals surface area contributed by atoms with E-state index in [1.807, 2.05) is 36.4 Å². The van der Waals surface area contributed by atoms with Crippen LogP contribution in [0.3, 0.4) is 0 Å². The number of nitrogens with zero attached hydrogens (tertiary/aromatic N) is 3. The minimum absolute atomic E-state index is 0.218. The molecule has 2 heterocycles. The number of hydrogen-bond acceptors (Lipinski definition) is 6. The fraction of sp³-hybridized carbons (Fsp3) is 0.192. The molecule has 1 aliphatic rings. The zero-order chi connectivity index (χ0) is 24.5. The first-order valence-electron chi connectivity index (χ1n) is 11.1. The number of amides is 1. The summed E-state index contributed by atoms with van der Waals surface area (Å²) in [7, 11) is 0.411. The summed E-state index contributed by atoms with van der Waals surface area (Å²) in [5.74, 6) is 1.00. The maximum atomic E-state index is 13.5. The zero-order valence-electron chi connectivity index (χ0n) is 19.3. The SMILES string of the molecule is COc1cc(N2CCCS(=O)c3ccccc32)ccc1C(=O)[N+](=C=O)c1cccc2[nH]c(C)nc12. The van der Waals surface area contributed by atoms with Gasteiger partial charge in [-0.2, -0.15) is 4.79 Å². The van der Waals surface area contributed by atoms with Crippen LogP contribution in [0.4, 0.5) is 17.1 Å². The van der Waals surface area contributed by atoms with Gasteiger partial charge in [0.2, 0.25) is 0 Å². The van der Waals surface area contributed by atoms with Gasteiger partial charge in [-0.1, -0.05) is 18.2 Å². The molecule has 176 valence electrons. The predicted molar refractivity (Wildman–Crippen MR) is 133 cm³/mol. The lowest BCUT2D eigenvalue weighted by molar-refractivity contribution is -0.330. The average molecular weight is 488 g/mol. The molecule has 0 spiro atoms. The van der Waals surface area contributed by atoms with Crippen LogP contribution in [0.5, 0.6) is 5.75 Å². The summed E-state index contributed by atoms with van der Waals surface area (Å²) < 4.78 is 19.1. The summed E-state index contributed by atoms with van der Waals surface area (Å²) in [6.45, 7) is 2.48. The lowest BCUT2D eigenvalue weighted by Crippen LogP contribution is -2.20. The van der Waals surface area contributed by atoms with Crippen molar-refractivity contribution in [3.63, 3.8) is 0 Å². The number of methoxy groups -OCH3 is 1. The molecule has 8 nitrogen and oxygen atoms in total. The Morgan fingerprint density at radius 3 is 2.80 bits per heavy atom. The molecule has 0 aliphatic carbocycles. The van der Waals surface area contributed by atoms with E-state index in [9.17, 15) is 13.8 Å². The Kier molecular flexibility index (Phi) is 6.03. The van der Waals surface area contributed by atoms with Crippen LogP contribution in [0.2, 0.25) is 0 Å². The Hall–Kier alpha value is -4.07. The van der Waals surface area contributed by atoms with Crippen molar-refractivity contribution in [2.24, 2.45) is 0 Å². The van der Waals surface area contributed by atoms with Gasteiger partial charge >= 0.3 is 12.0 Å². The van der Waals surface area contributed by atoms with E-state index in [4.69, 9.17) is 4.74 Å². The summed E-state index contributed by atoms with van der Waals surface area (Å²) in [6.07, 6.45) is 2.51. The highest BCUT2D eigenvalue weighted by atomic mass is 32.2. The molecule has 0 bridgehead atoms. The van der Waals surface area contributed by atoms with Gasteiger partial charge in [0, 0.05) is 30.1 Å². The number of carbonyl (C=O) groups is 1. The third kappa shape index (κ3) is 4.05. The number of anilines is 2. The molecule has 9 heteroatoms. The fourth-order valence-electron chi connectivity index (χ4n) is 4.39. The summed E-state index contributed by atoms with van der Waals surface area (Å²) in [6, 6.07) is 18.1. The third-order valence-corrected chi connectivity index (χ3v) is 7.48. The number of aryl methyl sites for hydroxylation is 1. The number of isocyanates is 1. The van der Waals surface area contributed by atoms with Crippen LogP contribution in [0.25, 0.3) is 11.0 Å². The van der Waals surface area contributed by atoms with E-state index >= 15 is 0 Å². The van der Waals surface area contributed by atoms with E-state index in [1.54, 1.807) is 37.3 Å². The predicted octanol–water partition coefficient (Wildman–Crippen LogP) is 4.35. The molecule has 1 atom stereocenters. The van der Waals surface area contributed by atoms with Crippen LogP contribution in [0.15, 0.2) is 65.6 Å². The topological polar surface area (TPSA) is 95.4 Å². The van der Waals surface area contributed by atoms with Gasteiger partial charge in [0.25, 0.3) is 5.69 Å². The number of para-hydroxylation sites is 2. The van der Waals surface area contributed by atoms with Gasteiger partial charge in [0.1, 0.15) is 17.1 Å². The number of nitrogens with one attached hydrogen (secondary N) is 1. The summed E-state index contributed by atoms with van der Waals surface area (Å²) >= 11 is 0. The molecule has 1 aliphatic heterocycles. The average Bonchev–Trinajstić information content (AvgIpc) is 3.19. The first-order chi connectivity index (χ1) is 17.0. The van der Waals surface area contributed by atoms with Crippen LogP contribution in [-0.2, 0) is 15.6 Å². The van der Waals surface area contributed by atoms with Crippen LogP contribution in [0.1, 0.15) is 22.6 Å². The van der Waals surface area contributed by atoms with E-state index < -0.39 is 16.7 Å². The number of imidazole rings is 1. The molecule has 0 fully saturated rings. The monoisotopic (exact) mass is 487 g/mol. The molecule has 0 saturated heterocycles. The van der Waals surface area contributed by atoms with Gasteiger partial charge in [0.05, 0.1) is 34.0 Å². The number of carbonyl (C=O) groups excluding carboxylic acids is 2. The largest absolute Gasteiger partial charge is 0.496 e. The van der Waals surface area contributed by atoms with Crippen molar-refractivity contribution in [3.05, 3.63) is 72.1 Å². The number of benzene rings is 3. The van der Waals surface area contributed by atoms with Crippen molar-refractivity contribution in [2.75, 3.05) is 24.3 Å². The van der Waals surface area contributed by atoms with Gasteiger partial charge in [-0.05, 0) is 48.3 Å². The normalized spacial score (nSPS) is 15.3. The first-order valence-corrected chi connectivity index (χ1v) is 12.4. The highest BCUT2D eigenvalue weighted by Gasteiger charge is 2.31. The second-order valence-electron chi connectivity index (χ2n) is 8.13. The van der Waals surface area contributed by atoms with Crippen molar-refractivity contribution < 1.29 is 23.1 Å². The second-order valence-corrected chi connectivity index (χ2v) is 9.67. The Bertz CT molecular complexity index is 1540. The maximum absolute atomic E-state index is 13.5. The minimum Gasteiger partial charge on any atom is -0.496 e. The fourth-order valence-corrected chi connectivity index (χ4v) is 5.64. The van der Waals surface area contributed by atoms with E-state index in [1.165, 1.54) is 7.11 Å². The molecule has 5 rings (SSSR count). The van der Waals surface area contributed by atoms with Gasteiger partial charge in [-0.25, -0.2) is 9.78 Å². The Balaban J connectivity index is 1.56. The number of aromatic amines is 1. The van der Waals surface area contributed by atoms with Crippen molar-refractivity contribution in [3.8, 4) is 5.75 Å². The number of fused-ring (bicyclic) bond motifs is 2. The van der Waals surface area contributed by atoms with Crippen LogP contribution in [0, 0.1) is 6.92 Å². The Morgan fingerprint density at radius 1 is 1.17 bits per heavy atom. The quantitative estimate of drug-likeness (QED) is 0.261. The molecule has 35 heavy (non-hydrogen) atoms. The molecule has 4 aromatic rings. The molecule has 3 aromatic carbocycles. The van der Waals surface area contributed by atoms with E-state index in [2.05, 4.69) is 14.9 Å². The number of rotatable bonds is 4. The van der Waals surface area contributed by atoms with Crippen molar-refractivity contribution >= 4 is 50.9 Å². The standard InChI is InChI=1S/C26H23N4O4S/c1-17-27-20-7-5-9-22(25(20)28-17)30(16-31)26(32)19-12-11-18(15-23(19)34-2)29-13-6-14-35(33)24-10-4-3-8-21(24)29/h3-5,7-12,15H,6,13-14H2,1-2H3,(H,27,28)/q+1. The summed E-state index contributed by atoms with van der Waals surface area (Å²) in [5.41, 5.74) is 3.45. The molecule has 1 amide bonds. The maximum Gasteiger partial charge on any atom is 0.440 e. The minimum atomic E-state index is -1.07. The van der Waals surface area contributed by atoms with Crippen molar-refractivity contribution in [1.82, 2.24) is 9.97 Å². The lowest BCUT2D eigenvalue weighted by atomic mass is 10.1. The molecule has 1 aromatic heterocycles. The van der Waals surface area contributed by atoms with Gasteiger partial charge < -0.3 is 14.6 Å². The van der Waals surface area contributed by atoms with E-state index in [0.29, 0.717) is 40.6 Å². The van der Waals surface area contributed by atoms with Crippen LogP contribution >= 0.6 is 0 Å². The van der Waals surface area contributed by atoms with Gasteiger partial charge in [0.15, 0.2) is 5.52 Å². The zero-order valence-corrected chi connectivity index (χ0v) is 20.1. The van der Waals surface area contributed by atoms with Crippen LogP contribution < -0.4 is 9.64 Å². The van der Waals surface area contributed by atoms with Crippen molar-refractivity contribution in [2.45, 2.75) is 18.2 Å². The van der Waals surface area contributed by atoms with Crippen molar-refractivity contribution in [1.29, 1.82) is 0 Å². The molecule has 0 radical (unpaired) electrons. The molecular weight excluding hydrogens is 464 g/mol. The molecule has 0 saturated carbocycles. The van der Waals surface area contributed by atoms with E-state index in [-0.39, 0.29) is 5.56 Å². The highest BCUT2D eigenvalue weighted by molar-refractivity contribution is 7.85. The number of ether oxygens (including phenoxy) is 1. The van der Waals surface area contributed by atoms with Gasteiger partial charge in [-0.15, -0.1) is 0 Å². The smallest absolute Gasteiger partial charge is 0.440 e. The van der Waals surface area contributed by atoms with E-state index in [0.717, 1.165) is 27.3 Å². The molecular formula is C26H23N4O4S+. The van der Waals surface area contributed by atoms with Gasteiger partial charge in [-0.3, -0.25) is 4.21 Å². The first kappa shape index (κ1) is 22.7. The van der Waals surface area contributed by atoms with Crippen LogP contribution in [-0.4, -0.2) is 50.1 Å². The number of aromatic nitrogens is 2. The lowest BCUT2D eigenvalue weighted by Gasteiger charge is -2.25. The third-order valence-electron chi connectivity index (χ3n) is 5.99. The summed E-state index contributed by atoms with van der Waals surface area (Å²) in [5, 5.41) is 0. The number of H-pyrrole nitrogens is 1. The Labute approximate surface area is 204 Å².